The number of carbonyl (C=O) groups is 1. The molecule has 0 spiro atoms. The highest BCUT2D eigenvalue weighted by atomic mass is 32.2. The summed E-state index contributed by atoms with van der Waals surface area (Å²) in [7, 11) is 0. The number of aromatic nitrogens is 4. The van der Waals surface area contributed by atoms with Crippen LogP contribution >= 0.6 is 23.1 Å². The summed E-state index contributed by atoms with van der Waals surface area (Å²) in [4.78, 5) is 16.8. The molecule has 0 aliphatic carbocycles. The molecule has 0 atom stereocenters. The van der Waals surface area contributed by atoms with Gasteiger partial charge in [-0.1, -0.05) is 53.4 Å². The third kappa shape index (κ3) is 4.52. The number of imidazole rings is 1. The Morgan fingerprint density at radius 1 is 1.14 bits per heavy atom. The van der Waals surface area contributed by atoms with Gasteiger partial charge in [0, 0.05) is 11.3 Å². The SMILES string of the molecule is Cc1nnc(NC(=O)CSc2ncc(-c3ccccc3)n2-c2ccc(F)cc2)s1. The molecule has 6 nitrogen and oxygen atoms in total. The fourth-order valence-corrected chi connectivity index (χ4v) is 4.12. The standard InChI is InChI=1S/C20H16FN5OS2/c1-13-24-25-19(29-13)23-18(27)12-28-20-22-11-17(14-5-3-2-4-6-14)26(20)16-9-7-15(21)8-10-16/h2-11H,12H2,1H3,(H,23,25,27). The van der Waals surface area contributed by atoms with Crippen molar-refractivity contribution in [2.75, 3.05) is 11.1 Å². The first kappa shape index (κ1) is 19.3. The average molecular weight is 426 g/mol. The number of halogens is 1. The number of hydrogen-bond acceptors (Lipinski definition) is 6. The van der Waals surface area contributed by atoms with Crippen LogP contribution < -0.4 is 5.32 Å². The Labute approximate surface area is 174 Å². The van der Waals surface area contributed by atoms with E-state index in [2.05, 4.69) is 20.5 Å². The van der Waals surface area contributed by atoms with Crippen LogP contribution in [0.5, 0.6) is 0 Å². The number of carbonyl (C=O) groups excluding carboxylic acids is 1. The predicted molar refractivity (Wildman–Crippen MR) is 113 cm³/mol. The summed E-state index contributed by atoms with van der Waals surface area (Å²) in [6, 6.07) is 16.0. The van der Waals surface area contributed by atoms with Crippen molar-refractivity contribution in [1.29, 1.82) is 0 Å². The Morgan fingerprint density at radius 2 is 1.90 bits per heavy atom. The van der Waals surface area contributed by atoms with E-state index in [4.69, 9.17) is 0 Å². The van der Waals surface area contributed by atoms with Crippen LogP contribution in [0.4, 0.5) is 9.52 Å². The molecule has 1 amide bonds. The number of nitrogens with one attached hydrogen (secondary N) is 1. The second-order valence-electron chi connectivity index (χ2n) is 6.07. The number of hydrogen-bond donors (Lipinski definition) is 1. The van der Waals surface area contributed by atoms with Crippen LogP contribution in [0.3, 0.4) is 0 Å². The zero-order valence-electron chi connectivity index (χ0n) is 15.4. The zero-order valence-corrected chi connectivity index (χ0v) is 17.0. The van der Waals surface area contributed by atoms with Crippen LogP contribution in [-0.2, 0) is 4.79 Å². The molecule has 1 N–H and O–H groups in total. The van der Waals surface area contributed by atoms with Gasteiger partial charge in [-0.05, 0) is 31.2 Å². The maximum absolute atomic E-state index is 13.4. The molecule has 0 bridgehead atoms. The summed E-state index contributed by atoms with van der Waals surface area (Å²) in [5, 5.41) is 12.4. The molecule has 2 aromatic carbocycles. The van der Waals surface area contributed by atoms with Crippen molar-refractivity contribution < 1.29 is 9.18 Å². The van der Waals surface area contributed by atoms with E-state index in [1.165, 1.54) is 35.2 Å². The molecule has 0 saturated carbocycles. The Kier molecular flexibility index (Phi) is 5.68. The Morgan fingerprint density at radius 3 is 2.59 bits per heavy atom. The van der Waals surface area contributed by atoms with Crippen LogP contribution in [0.1, 0.15) is 5.01 Å². The summed E-state index contributed by atoms with van der Waals surface area (Å²) in [6.45, 7) is 1.83. The van der Waals surface area contributed by atoms with Crippen molar-refractivity contribution in [2.24, 2.45) is 0 Å². The predicted octanol–water partition coefficient (Wildman–Crippen LogP) is 4.57. The summed E-state index contributed by atoms with van der Waals surface area (Å²) in [5.41, 5.74) is 2.61. The van der Waals surface area contributed by atoms with Gasteiger partial charge in [-0.3, -0.25) is 14.7 Å². The van der Waals surface area contributed by atoms with Crippen molar-refractivity contribution in [3.8, 4) is 16.9 Å². The quantitative estimate of drug-likeness (QED) is 0.458. The van der Waals surface area contributed by atoms with Gasteiger partial charge in [0.1, 0.15) is 10.8 Å². The molecule has 2 heterocycles. The van der Waals surface area contributed by atoms with Gasteiger partial charge in [0.2, 0.25) is 11.0 Å². The molecule has 2 aromatic heterocycles. The highest BCUT2D eigenvalue weighted by Gasteiger charge is 2.16. The van der Waals surface area contributed by atoms with Crippen LogP contribution in [0, 0.1) is 12.7 Å². The van der Waals surface area contributed by atoms with Gasteiger partial charge < -0.3 is 0 Å². The lowest BCUT2D eigenvalue weighted by molar-refractivity contribution is -0.113. The molecule has 0 aliphatic heterocycles. The smallest absolute Gasteiger partial charge is 0.236 e. The van der Waals surface area contributed by atoms with Crippen molar-refractivity contribution in [1.82, 2.24) is 19.7 Å². The minimum atomic E-state index is -0.309. The largest absolute Gasteiger partial charge is 0.300 e. The monoisotopic (exact) mass is 425 g/mol. The van der Waals surface area contributed by atoms with Crippen molar-refractivity contribution in [3.05, 3.63) is 71.6 Å². The van der Waals surface area contributed by atoms with Crippen LogP contribution in [0.15, 0.2) is 66.0 Å². The van der Waals surface area contributed by atoms with Gasteiger partial charge in [0.25, 0.3) is 0 Å². The Bertz CT molecular complexity index is 1130. The number of anilines is 1. The molecule has 0 aliphatic rings. The molecule has 0 saturated heterocycles. The molecular weight excluding hydrogens is 409 g/mol. The normalized spacial score (nSPS) is 10.8. The number of amides is 1. The maximum atomic E-state index is 13.4. The van der Waals surface area contributed by atoms with E-state index in [0.717, 1.165) is 22.0 Å². The van der Waals surface area contributed by atoms with Gasteiger partial charge in [0.05, 0.1) is 17.6 Å². The number of benzene rings is 2. The van der Waals surface area contributed by atoms with Gasteiger partial charge in [-0.15, -0.1) is 10.2 Å². The van der Waals surface area contributed by atoms with E-state index in [1.807, 2.05) is 41.8 Å². The first-order valence-electron chi connectivity index (χ1n) is 8.72. The van der Waals surface area contributed by atoms with Crippen LogP contribution in [0.25, 0.3) is 16.9 Å². The van der Waals surface area contributed by atoms with E-state index in [-0.39, 0.29) is 17.5 Å². The van der Waals surface area contributed by atoms with E-state index >= 15 is 0 Å². The van der Waals surface area contributed by atoms with E-state index in [0.29, 0.717) is 10.3 Å². The maximum Gasteiger partial charge on any atom is 0.236 e. The highest BCUT2D eigenvalue weighted by molar-refractivity contribution is 7.99. The minimum absolute atomic E-state index is 0.158. The number of thioether (sulfide) groups is 1. The van der Waals surface area contributed by atoms with E-state index in [9.17, 15) is 9.18 Å². The van der Waals surface area contributed by atoms with Crippen LogP contribution in [0.2, 0.25) is 0 Å². The molecule has 0 fully saturated rings. The van der Waals surface area contributed by atoms with Gasteiger partial charge >= 0.3 is 0 Å². The number of rotatable bonds is 6. The second kappa shape index (κ2) is 8.54. The lowest BCUT2D eigenvalue weighted by Crippen LogP contribution is -2.14. The second-order valence-corrected chi connectivity index (χ2v) is 8.19. The molecular formula is C20H16FN5OS2. The lowest BCUT2D eigenvalue weighted by atomic mass is 10.1. The summed E-state index contributed by atoms with van der Waals surface area (Å²) < 4.78 is 15.3. The Balaban J connectivity index is 1.60. The molecule has 0 unspecified atom stereocenters. The molecule has 29 heavy (non-hydrogen) atoms. The van der Waals surface area contributed by atoms with Crippen LogP contribution in [-0.4, -0.2) is 31.4 Å². The topological polar surface area (TPSA) is 72.7 Å². The fourth-order valence-electron chi connectivity index (χ4n) is 2.72. The molecule has 9 heteroatoms. The summed E-state index contributed by atoms with van der Waals surface area (Å²) >= 11 is 2.62. The van der Waals surface area contributed by atoms with Gasteiger partial charge in [0.15, 0.2) is 5.16 Å². The minimum Gasteiger partial charge on any atom is -0.300 e. The molecule has 4 aromatic rings. The first-order valence-corrected chi connectivity index (χ1v) is 10.5. The summed E-state index contributed by atoms with van der Waals surface area (Å²) in [5.74, 6) is -0.345. The third-order valence-corrected chi connectivity index (χ3v) is 5.70. The molecule has 146 valence electrons. The third-order valence-electron chi connectivity index (χ3n) is 3.99. The Hall–Kier alpha value is -3.04. The zero-order chi connectivity index (χ0) is 20.2. The summed E-state index contributed by atoms with van der Waals surface area (Å²) in [6.07, 6.45) is 1.76. The van der Waals surface area contributed by atoms with Crippen molar-refractivity contribution in [3.63, 3.8) is 0 Å². The first-order chi connectivity index (χ1) is 14.1. The average Bonchev–Trinajstić information content (AvgIpc) is 3.34. The van der Waals surface area contributed by atoms with Gasteiger partial charge in [-0.25, -0.2) is 9.37 Å². The van der Waals surface area contributed by atoms with Crippen molar-refractivity contribution >= 4 is 34.1 Å². The highest BCUT2D eigenvalue weighted by Crippen LogP contribution is 2.30. The number of aryl methyl sites for hydroxylation is 1. The number of nitrogens with zero attached hydrogens (tertiary/aromatic N) is 4. The lowest BCUT2D eigenvalue weighted by Gasteiger charge is -2.12. The molecule has 0 radical (unpaired) electrons. The molecule has 4 rings (SSSR count). The van der Waals surface area contributed by atoms with E-state index < -0.39 is 0 Å². The van der Waals surface area contributed by atoms with Gasteiger partial charge in [-0.2, -0.15) is 0 Å². The van der Waals surface area contributed by atoms with Crippen molar-refractivity contribution in [2.45, 2.75) is 12.1 Å². The van der Waals surface area contributed by atoms with E-state index in [1.54, 1.807) is 18.3 Å². The fraction of sp³-hybridized carbons (Fsp3) is 0.100.